The predicted octanol–water partition coefficient (Wildman–Crippen LogP) is 3.31. The molecule has 0 aromatic heterocycles. The van der Waals surface area contributed by atoms with Crippen LogP contribution in [0, 0.1) is 0 Å². The highest BCUT2D eigenvalue weighted by molar-refractivity contribution is 6.36. The Labute approximate surface area is 108 Å². The molecule has 2 rings (SSSR count). The van der Waals surface area contributed by atoms with E-state index in [2.05, 4.69) is 0 Å². The standard InChI is InChI=1S/C12H10Cl2O3/c1-12(5-10(16)17)4-9(15)7-2-6(13)3-8(14)11(7)12/h2-3H,4-5H2,1H3,(H,16,17). The van der Waals surface area contributed by atoms with Crippen molar-refractivity contribution in [2.24, 2.45) is 0 Å². The summed E-state index contributed by atoms with van der Waals surface area (Å²) < 4.78 is 0. The third-order valence-corrected chi connectivity index (χ3v) is 3.57. The fourth-order valence-electron chi connectivity index (χ4n) is 2.43. The van der Waals surface area contributed by atoms with Gasteiger partial charge in [-0.3, -0.25) is 9.59 Å². The summed E-state index contributed by atoms with van der Waals surface area (Å²) in [6, 6.07) is 3.10. The molecule has 1 aromatic rings. The molecule has 1 unspecified atom stereocenters. The number of carboxylic acids is 1. The Morgan fingerprint density at radius 3 is 2.71 bits per heavy atom. The molecule has 90 valence electrons. The maximum absolute atomic E-state index is 11.9. The van der Waals surface area contributed by atoms with E-state index in [1.807, 2.05) is 0 Å². The zero-order valence-electron chi connectivity index (χ0n) is 9.09. The third-order valence-electron chi connectivity index (χ3n) is 3.05. The van der Waals surface area contributed by atoms with Crippen LogP contribution in [0.1, 0.15) is 35.7 Å². The van der Waals surface area contributed by atoms with Gasteiger partial charge in [0.15, 0.2) is 5.78 Å². The molecule has 0 heterocycles. The quantitative estimate of drug-likeness (QED) is 0.899. The van der Waals surface area contributed by atoms with E-state index in [-0.39, 0.29) is 18.6 Å². The van der Waals surface area contributed by atoms with Gasteiger partial charge in [0.25, 0.3) is 0 Å². The number of carbonyl (C=O) groups is 2. The van der Waals surface area contributed by atoms with Crippen LogP contribution in [0.5, 0.6) is 0 Å². The van der Waals surface area contributed by atoms with Crippen molar-refractivity contribution in [1.29, 1.82) is 0 Å². The normalized spacial score (nSPS) is 22.6. The summed E-state index contributed by atoms with van der Waals surface area (Å²) in [6.07, 6.45) is 0.0434. The van der Waals surface area contributed by atoms with Crippen molar-refractivity contribution in [3.8, 4) is 0 Å². The van der Waals surface area contributed by atoms with Crippen molar-refractivity contribution < 1.29 is 14.7 Å². The summed E-state index contributed by atoms with van der Waals surface area (Å²) in [5.41, 5.74) is 0.321. The van der Waals surface area contributed by atoms with E-state index >= 15 is 0 Å². The molecule has 0 spiro atoms. The van der Waals surface area contributed by atoms with Crippen LogP contribution in [0.4, 0.5) is 0 Å². The predicted molar refractivity (Wildman–Crippen MR) is 65.0 cm³/mol. The van der Waals surface area contributed by atoms with Gasteiger partial charge in [-0.25, -0.2) is 0 Å². The molecule has 0 bridgehead atoms. The molecule has 0 amide bonds. The van der Waals surface area contributed by atoms with Crippen molar-refractivity contribution in [2.75, 3.05) is 0 Å². The highest BCUT2D eigenvalue weighted by Crippen LogP contribution is 2.45. The van der Waals surface area contributed by atoms with Crippen LogP contribution < -0.4 is 0 Å². The molecular formula is C12H10Cl2O3. The number of fused-ring (bicyclic) bond motifs is 1. The second-order valence-electron chi connectivity index (χ2n) is 4.54. The summed E-state index contributed by atoms with van der Waals surface area (Å²) in [4.78, 5) is 22.7. The number of benzene rings is 1. The Kier molecular flexibility index (Phi) is 2.92. The maximum Gasteiger partial charge on any atom is 0.304 e. The zero-order chi connectivity index (χ0) is 12.8. The molecule has 1 aliphatic carbocycles. The fourth-order valence-corrected chi connectivity index (χ4v) is 3.15. The van der Waals surface area contributed by atoms with Crippen molar-refractivity contribution >= 4 is 35.0 Å². The van der Waals surface area contributed by atoms with Gasteiger partial charge in [-0.1, -0.05) is 30.1 Å². The number of ketones is 1. The lowest BCUT2D eigenvalue weighted by Gasteiger charge is -2.23. The summed E-state index contributed by atoms with van der Waals surface area (Å²) in [5.74, 6) is -1.05. The molecule has 1 aromatic carbocycles. The summed E-state index contributed by atoms with van der Waals surface area (Å²) in [5, 5.41) is 9.67. The van der Waals surface area contributed by atoms with Crippen LogP contribution in [0.2, 0.25) is 10.0 Å². The van der Waals surface area contributed by atoms with Crippen LogP contribution >= 0.6 is 23.2 Å². The van der Waals surface area contributed by atoms with Crippen LogP contribution in [-0.2, 0) is 10.2 Å². The highest BCUT2D eigenvalue weighted by Gasteiger charge is 2.42. The SMILES string of the molecule is CC1(CC(=O)O)CC(=O)c2cc(Cl)cc(Cl)c21. The molecule has 5 heteroatoms. The van der Waals surface area contributed by atoms with Gasteiger partial charge in [-0.2, -0.15) is 0 Å². The average Bonchev–Trinajstić information content (AvgIpc) is 2.36. The molecular weight excluding hydrogens is 263 g/mol. The minimum absolute atomic E-state index is 0.104. The molecule has 0 saturated carbocycles. The monoisotopic (exact) mass is 272 g/mol. The van der Waals surface area contributed by atoms with Crippen LogP contribution in [-0.4, -0.2) is 16.9 Å². The van der Waals surface area contributed by atoms with E-state index in [9.17, 15) is 9.59 Å². The van der Waals surface area contributed by atoms with Crippen LogP contribution in [0.3, 0.4) is 0 Å². The van der Waals surface area contributed by atoms with Gasteiger partial charge in [0.1, 0.15) is 0 Å². The first-order chi connectivity index (χ1) is 7.83. The third kappa shape index (κ3) is 2.05. The molecule has 17 heavy (non-hydrogen) atoms. The lowest BCUT2D eigenvalue weighted by Crippen LogP contribution is -2.23. The Morgan fingerprint density at radius 1 is 1.47 bits per heavy atom. The minimum atomic E-state index is -0.945. The number of Topliss-reactive ketones (excluding diaryl/α,β-unsaturated/α-hetero) is 1. The Hall–Kier alpha value is -1.06. The van der Waals surface area contributed by atoms with Crippen molar-refractivity contribution in [3.63, 3.8) is 0 Å². The van der Waals surface area contributed by atoms with Gasteiger partial charge in [0.2, 0.25) is 0 Å². The topological polar surface area (TPSA) is 54.4 Å². The maximum atomic E-state index is 11.9. The average molecular weight is 273 g/mol. The lowest BCUT2D eigenvalue weighted by atomic mass is 9.81. The van der Waals surface area contributed by atoms with Crippen molar-refractivity contribution in [3.05, 3.63) is 33.3 Å². The second kappa shape index (κ2) is 4.00. The Balaban J connectivity index is 2.61. The van der Waals surface area contributed by atoms with E-state index in [0.717, 1.165) is 0 Å². The fraction of sp³-hybridized carbons (Fsp3) is 0.333. The summed E-state index contributed by atoms with van der Waals surface area (Å²) in [7, 11) is 0. The number of aliphatic carboxylic acids is 1. The number of hydrogen-bond acceptors (Lipinski definition) is 2. The van der Waals surface area contributed by atoms with Gasteiger partial charge in [-0.15, -0.1) is 0 Å². The van der Waals surface area contributed by atoms with Crippen LogP contribution in [0.15, 0.2) is 12.1 Å². The van der Waals surface area contributed by atoms with Gasteiger partial charge in [0.05, 0.1) is 6.42 Å². The molecule has 1 atom stereocenters. The largest absolute Gasteiger partial charge is 0.481 e. The molecule has 0 aliphatic heterocycles. The second-order valence-corrected chi connectivity index (χ2v) is 5.38. The van der Waals surface area contributed by atoms with Crippen molar-refractivity contribution in [2.45, 2.75) is 25.2 Å². The molecule has 1 aliphatic rings. The molecule has 3 nitrogen and oxygen atoms in total. The number of carbonyl (C=O) groups excluding carboxylic acids is 1. The lowest BCUT2D eigenvalue weighted by molar-refractivity contribution is -0.138. The zero-order valence-corrected chi connectivity index (χ0v) is 10.6. The summed E-state index contributed by atoms with van der Waals surface area (Å²) >= 11 is 11.9. The molecule has 0 saturated heterocycles. The highest BCUT2D eigenvalue weighted by atomic mass is 35.5. The first kappa shape index (κ1) is 12.4. The minimum Gasteiger partial charge on any atom is -0.481 e. The smallest absolute Gasteiger partial charge is 0.304 e. The van der Waals surface area contributed by atoms with Gasteiger partial charge < -0.3 is 5.11 Å². The van der Waals surface area contributed by atoms with E-state index in [0.29, 0.717) is 21.2 Å². The number of carboxylic acid groups (broad SMARTS) is 1. The number of halogens is 2. The Morgan fingerprint density at radius 2 is 2.12 bits per heavy atom. The van der Waals surface area contributed by atoms with E-state index < -0.39 is 11.4 Å². The van der Waals surface area contributed by atoms with Gasteiger partial charge in [-0.05, 0) is 17.7 Å². The van der Waals surface area contributed by atoms with Crippen molar-refractivity contribution in [1.82, 2.24) is 0 Å². The Bertz CT molecular complexity index is 525. The first-order valence-corrected chi connectivity index (χ1v) is 5.83. The van der Waals surface area contributed by atoms with E-state index in [1.165, 1.54) is 0 Å². The first-order valence-electron chi connectivity index (χ1n) is 5.08. The number of hydrogen-bond donors (Lipinski definition) is 1. The molecule has 1 N–H and O–H groups in total. The number of rotatable bonds is 2. The molecule has 0 radical (unpaired) electrons. The van der Waals surface area contributed by atoms with Crippen LogP contribution in [0.25, 0.3) is 0 Å². The summed E-state index contributed by atoms with van der Waals surface area (Å²) in [6.45, 7) is 1.74. The van der Waals surface area contributed by atoms with E-state index in [1.54, 1.807) is 19.1 Å². The van der Waals surface area contributed by atoms with Gasteiger partial charge in [0, 0.05) is 27.4 Å². The van der Waals surface area contributed by atoms with Gasteiger partial charge >= 0.3 is 5.97 Å². The van der Waals surface area contributed by atoms with E-state index in [4.69, 9.17) is 28.3 Å². The molecule has 0 fully saturated rings.